The number of aromatic nitrogens is 4. The predicted molar refractivity (Wildman–Crippen MR) is 93.8 cm³/mol. The highest BCUT2D eigenvalue weighted by atomic mass is 31.2. The maximum Gasteiger partial charge on any atom is 0.325 e. The molecule has 0 unspecified atom stereocenters. The molecule has 0 amide bonds. The molecule has 2 aromatic heterocycles. The Bertz CT molecular complexity index is 775. The van der Waals surface area contributed by atoms with E-state index in [1.165, 1.54) is 19.2 Å². The van der Waals surface area contributed by atoms with Gasteiger partial charge in [0.1, 0.15) is 0 Å². The van der Waals surface area contributed by atoms with E-state index in [0.29, 0.717) is 12.2 Å². The molecule has 0 bridgehead atoms. The summed E-state index contributed by atoms with van der Waals surface area (Å²) in [5, 5.41) is 0. The molecule has 134 valence electrons. The number of nitrogens with two attached hydrogens (primary N) is 1. The SMILES string of the molecule is CCCC.Nc1nc2c(ncn2C/C=C/CCP(=O)(O)O)c(=O)[nH]1. The summed E-state index contributed by atoms with van der Waals surface area (Å²) in [7, 11) is -3.96. The van der Waals surface area contributed by atoms with E-state index in [0.717, 1.165) is 0 Å². The second-order valence-corrected chi connectivity index (χ2v) is 6.95. The lowest BCUT2D eigenvalue weighted by atomic mass is 10.4. The molecular weight excluding hydrogens is 333 g/mol. The molecule has 0 fully saturated rings. The first-order valence-corrected chi connectivity index (χ1v) is 9.48. The average Bonchev–Trinajstić information content (AvgIpc) is 2.89. The van der Waals surface area contributed by atoms with Gasteiger partial charge in [0.2, 0.25) is 5.95 Å². The standard InChI is InChI=1S/C10H14N5O4P.C4H10/c11-10-13-8-7(9(16)14-10)12-6-15(8)4-2-1-3-5-20(17,18)19;1-3-4-2/h1-2,6H,3-5H2,(H2,17,18,19)(H3,11,13,14,16);3-4H2,1-2H3/b2-1+;. The fraction of sp³-hybridized carbons (Fsp3) is 0.500. The number of fused-ring (bicyclic) bond motifs is 1. The third-order valence-electron chi connectivity index (χ3n) is 3.05. The molecule has 0 saturated carbocycles. The first-order valence-electron chi connectivity index (χ1n) is 7.68. The fourth-order valence-corrected chi connectivity index (χ4v) is 2.14. The topological polar surface area (TPSA) is 147 Å². The summed E-state index contributed by atoms with van der Waals surface area (Å²) in [4.78, 5) is 39.2. The number of allylic oxidation sites excluding steroid dienone is 2. The van der Waals surface area contributed by atoms with Gasteiger partial charge in [0.25, 0.3) is 5.56 Å². The fourth-order valence-electron chi connectivity index (χ4n) is 1.65. The Morgan fingerprint density at radius 2 is 2.00 bits per heavy atom. The highest BCUT2D eigenvalue weighted by Crippen LogP contribution is 2.34. The summed E-state index contributed by atoms with van der Waals surface area (Å²) in [6.45, 7) is 4.74. The zero-order valence-corrected chi connectivity index (χ0v) is 14.7. The van der Waals surface area contributed by atoms with Crippen molar-refractivity contribution in [1.82, 2.24) is 19.5 Å². The molecule has 0 radical (unpaired) electrons. The predicted octanol–water partition coefficient (Wildman–Crippen LogP) is 1.63. The number of unbranched alkanes of at least 4 members (excludes halogenated alkanes) is 1. The highest BCUT2D eigenvalue weighted by molar-refractivity contribution is 7.51. The zero-order valence-electron chi connectivity index (χ0n) is 13.8. The average molecular weight is 357 g/mol. The van der Waals surface area contributed by atoms with Crippen molar-refractivity contribution in [2.75, 3.05) is 11.9 Å². The number of aromatic amines is 1. The Kier molecular flexibility index (Phi) is 7.84. The van der Waals surface area contributed by atoms with Crippen molar-refractivity contribution >= 4 is 24.7 Å². The van der Waals surface area contributed by atoms with E-state index in [4.69, 9.17) is 15.5 Å². The van der Waals surface area contributed by atoms with Crippen LogP contribution in [-0.4, -0.2) is 35.5 Å². The summed E-state index contributed by atoms with van der Waals surface area (Å²) in [6.07, 6.45) is 7.54. The molecule has 0 aromatic carbocycles. The lowest BCUT2D eigenvalue weighted by molar-refractivity contribution is 0.373. The lowest BCUT2D eigenvalue weighted by Crippen LogP contribution is -2.12. The summed E-state index contributed by atoms with van der Waals surface area (Å²) in [5.74, 6) is 0.00901. The number of nitrogen functional groups attached to an aromatic ring is 1. The maximum absolute atomic E-state index is 11.5. The van der Waals surface area contributed by atoms with Crippen LogP contribution in [0.4, 0.5) is 5.95 Å². The van der Waals surface area contributed by atoms with E-state index in [-0.39, 0.29) is 24.0 Å². The Morgan fingerprint density at radius 1 is 1.33 bits per heavy atom. The number of nitrogens with one attached hydrogen (secondary N) is 1. The van der Waals surface area contributed by atoms with Gasteiger partial charge >= 0.3 is 7.60 Å². The molecule has 10 heteroatoms. The minimum absolute atomic E-state index is 0.00901. The molecule has 0 spiro atoms. The first kappa shape index (κ1) is 20.1. The third-order valence-corrected chi connectivity index (χ3v) is 3.89. The van der Waals surface area contributed by atoms with Crippen molar-refractivity contribution in [2.45, 2.75) is 39.7 Å². The van der Waals surface area contributed by atoms with Gasteiger partial charge in [-0.05, 0) is 6.42 Å². The Balaban J connectivity index is 0.000000648. The van der Waals surface area contributed by atoms with Crippen LogP contribution in [-0.2, 0) is 11.1 Å². The number of hydrogen-bond donors (Lipinski definition) is 4. The number of imidazole rings is 1. The summed E-state index contributed by atoms with van der Waals surface area (Å²) in [6, 6.07) is 0. The van der Waals surface area contributed by atoms with Gasteiger partial charge in [-0.15, -0.1) is 0 Å². The van der Waals surface area contributed by atoms with Crippen LogP contribution < -0.4 is 11.3 Å². The minimum Gasteiger partial charge on any atom is -0.369 e. The molecule has 2 heterocycles. The van der Waals surface area contributed by atoms with Gasteiger partial charge in [0.05, 0.1) is 12.5 Å². The van der Waals surface area contributed by atoms with E-state index >= 15 is 0 Å². The number of nitrogens with zero attached hydrogens (tertiary/aromatic N) is 3. The quantitative estimate of drug-likeness (QED) is 0.454. The minimum atomic E-state index is -3.96. The molecule has 0 aliphatic rings. The van der Waals surface area contributed by atoms with Gasteiger partial charge in [0.15, 0.2) is 11.2 Å². The van der Waals surface area contributed by atoms with Gasteiger partial charge in [0, 0.05) is 6.54 Å². The second kappa shape index (κ2) is 9.36. The van der Waals surface area contributed by atoms with Crippen LogP contribution in [0.15, 0.2) is 23.3 Å². The molecule has 2 aromatic rings. The Labute approximate surface area is 139 Å². The van der Waals surface area contributed by atoms with Crippen LogP contribution in [0.3, 0.4) is 0 Å². The van der Waals surface area contributed by atoms with Gasteiger partial charge in [-0.2, -0.15) is 4.98 Å². The molecule has 0 atom stereocenters. The maximum atomic E-state index is 11.5. The van der Waals surface area contributed by atoms with Crippen molar-refractivity contribution in [3.8, 4) is 0 Å². The van der Waals surface area contributed by atoms with Crippen molar-refractivity contribution in [2.24, 2.45) is 0 Å². The molecule has 0 saturated heterocycles. The van der Waals surface area contributed by atoms with Crippen LogP contribution in [0.5, 0.6) is 0 Å². The molecule has 5 N–H and O–H groups in total. The van der Waals surface area contributed by atoms with Gasteiger partial charge in [-0.3, -0.25) is 14.3 Å². The summed E-state index contributed by atoms with van der Waals surface area (Å²) in [5.41, 5.74) is 5.62. The molecule has 0 aliphatic heterocycles. The number of H-pyrrole nitrogens is 1. The van der Waals surface area contributed by atoms with Crippen LogP contribution in [0.25, 0.3) is 11.2 Å². The number of rotatable bonds is 6. The normalized spacial score (nSPS) is 11.7. The number of anilines is 1. The van der Waals surface area contributed by atoms with E-state index < -0.39 is 13.2 Å². The van der Waals surface area contributed by atoms with Crippen molar-refractivity contribution in [1.29, 1.82) is 0 Å². The molecular formula is C14H24N5O4P. The molecule has 24 heavy (non-hydrogen) atoms. The third kappa shape index (κ3) is 6.66. The Morgan fingerprint density at radius 3 is 2.58 bits per heavy atom. The van der Waals surface area contributed by atoms with E-state index in [2.05, 4.69) is 28.8 Å². The monoisotopic (exact) mass is 357 g/mol. The summed E-state index contributed by atoms with van der Waals surface area (Å²) < 4.78 is 12.3. The van der Waals surface area contributed by atoms with Gasteiger partial charge < -0.3 is 20.1 Å². The van der Waals surface area contributed by atoms with Crippen LogP contribution in [0.1, 0.15) is 33.1 Å². The number of hydrogen-bond acceptors (Lipinski definition) is 5. The van der Waals surface area contributed by atoms with E-state index in [1.807, 2.05) is 0 Å². The van der Waals surface area contributed by atoms with Crippen LogP contribution in [0, 0.1) is 0 Å². The van der Waals surface area contributed by atoms with E-state index in [1.54, 1.807) is 16.7 Å². The molecule has 0 aliphatic carbocycles. The lowest BCUT2D eigenvalue weighted by Gasteiger charge is -2.00. The second-order valence-electron chi connectivity index (χ2n) is 5.17. The largest absolute Gasteiger partial charge is 0.369 e. The van der Waals surface area contributed by atoms with Gasteiger partial charge in [-0.25, -0.2) is 4.98 Å². The molecule has 9 nitrogen and oxygen atoms in total. The summed E-state index contributed by atoms with van der Waals surface area (Å²) >= 11 is 0. The van der Waals surface area contributed by atoms with Crippen molar-refractivity contribution in [3.05, 3.63) is 28.8 Å². The van der Waals surface area contributed by atoms with E-state index in [9.17, 15) is 9.36 Å². The van der Waals surface area contributed by atoms with Gasteiger partial charge in [-0.1, -0.05) is 38.8 Å². The van der Waals surface area contributed by atoms with Crippen molar-refractivity contribution in [3.63, 3.8) is 0 Å². The Hall–Kier alpha value is -1.96. The van der Waals surface area contributed by atoms with Crippen molar-refractivity contribution < 1.29 is 14.4 Å². The van der Waals surface area contributed by atoms with Crippen LogP contribution in [0.2, 0.25) is 0 Å². The smallest absolute Gasteiger partial charge is 0.325 e. The first-order chi connectivity index (χ1) is 11.3. The van der Waals surface area contributed by atoms with Crippen LogP contribution >= 0.6 is 7.60 Å². The highest BCUT2D eigenvalue weighted by Gasteiger charge is 2.10. The molecule has 2 rings (SSSR count). The zero-order chi connectivity index (χ0) is 18.2.